The minimum Gasteiger partial charge on any atom is -0.356 e. The predicted octanol–water partition coefficient (Wildman–Crippen LogP) is 3.43. The minimum atomic E-state index is -0.138. The second-order valence-corrected chi connectivity index (χ2v) is 6.38. The van der Waals surface area contributed by atoms with Crippen LogP contribution in [0.2, 0.25) is 0 Å². The molecular formula is C18H17N3O2S. The number of nitrogens with zero attached hydrogens (tertiary/aromatic N) is 1. The van der Waals surface area contributed by atoms with E-state index in [1.165, 1.54) is 6.92 Å². The number of carbonyl (C=O) groups excluding carboxylic acids is 2. The van der Waals surface area contributed by atoms with E-state index in [4.69, 9.17) is 0 Å². The first-order valence-electron chi connectivity index (χ1n) is 7.62. The van der Waals surface area contributed by atoms with Crippen molar-refractivity contribution in [2.45, 2.75) is 13.3 Å². The number of hydrogen-bond donors (Lipinski definition) is 2. The van der Waals surface area contributed by atoms with E-state index in [0.29, 0.717) is 6.54 Å². The van der Waals surface area contributed by atoms with Gasteiger partial charge in [0.25, 0.3) is 0 Å². The van der Waals surface area contributed by atoms with E-state index in [9.17, 15) is 9.59 Å². The number of hydrogen-bond acceptors (Lipinski definition) is 4. The van der Waals surface area contributed by atoms with Crippen LogP contribution in [0.5, 0.6) is 0 Å². The van der Waals surface area contributed by atoms with Gasteiger partial charge >= 0.3 is 0 Å². The molecule has 1 heterocycles. The average Bonchev–Trinajstić information content (AvgIpc) is 2.99. The van der Waals surface area contributed by atoms with E-state index in [-0.39, 0.29) is 18.2 Å². The maximum absolute atomic E-state index is 11.9. The Labute approximate surface area is 143 Å². The van der Waals surface area contributed by atoms with Gasteiger partial charge in [-0.25, -0.2) is 4.98 Å². The van der Waals surface area contributed by atoms with Gasteiger partial charge in [0, 0.05) is 31.1 Å². The molecule has 2 amide bonds. The Morgan fingerprint density at radius 3 is 2.75 bits per heavy atom. The molecule has 0 saturated carbocycles. The number of fused-ring (bicyclic) bond motifs is 1. The summed E-state index contributed by atoms with van der Waals surface area (Å²) in [5.74, 6) is -0.272. The Bertz CT molecular complexity index is 856. The van der Waals surface area contributed by atoms with Gasteiger partial charge in [-0.1, -0.05) is 24.3 Å². The smallest absolute Gasteiger partial charge is 0.226 e. The Hall–Kier alpha value is -2.73. The molecule has 0 aliphatic rings. The normalized spacial score (nSPS) is 10.5. The van der Waals surface area contributed by atoms with Crippen molar-refractivity contribution in [2.75, 3.05) is 11.9 Å². The molecule has 2 aromatic carbocycles. The Balaban J connectivity index is 1.72. The number of amides is 2. The van der Waals surface area contributed by atoms with Crippen LogP contribution in [0.1, 0.15) is 13.3 Å². The number of para-hydroxylation sites is 1. The monoisotopic (exact) mass is 339 g/mol. The van der Waals surface area contributed by atoms with Crippen LogP contribution in [-0.2, 0) is 9.59 Å². The van der Waals surface area contributed by atoms with Crippen molar-refractivity contribution < 1.29 is 9.59 Å². The summed E-state index contributed by atoms with van der Waals surface area (Å²) in [5.41, 5.74) is 2.66. The summed E-state index contributed by atoms with van der Waals surface area (Å²) in [5, 5.41) is 6.37. The van der Waals surface area contributed by atoms with E-state index in [1.807, 2.05) is 48.5 Å². The topological polar surface area (TPSA) is 71.1 Å². The third-order valence-corrected chi connectivity index (χ3v) is 4.50. The molecule has 24 heavy (non-hydrogen) atoms. The Kier molecular flexibility index (Phi) is 4.86. The molecule has 0 radical (unpaired) electrons. The molecule has 0 atom stereocenters. The number of rotatable bonds is 5. The molecule has 0 bridgehead atoms. The number of carbonyl (C=O) groups is 2. The zero-order valence-corrected chi connectivity index (χ0v) is 14.0. The number of thiazole rings is 1. The highest BCUT2D eigenvalue weighted by Crippen LogP contribution is 2.31. The highest BCUT2D eigenvalue weighted by Gasteiger charge is 2.08. The molecule has 0 fully saturated rings. The van der Waals surface area contributed by atoms with Crippen LogP contribution in [-0.4, -0.2) is 23.3 Å². The summed E-state index contributed by atoms with van der Waals surface area (Å²) in [7, 11) is 0. The van der Waals surface area contributed by atoms with Gasteiger partial charge in [0.05, 0.1) is 10.2 Å². The van der Waals surface area contributed by atoms with Gasteiger partial charge < -0.3 is 10.6 Å². The molecule has 1 aromatic heterocycles. The predicted molar refractivity (Wildman–Crippen MR) is 97.0 cm³/mol. The highest BCUT2D eigenvalue weighted by molar-refractivity contribution is 7.21. The SMILES string of the molecule is CC(=O)NCCC(=O)Nc1cccc(-c2nc3ccccc3s2)c1. The fourth-order valence-electron chi connectivity index (χ4n) is 2.30. The van der Waals surface area contributed by atoms with E-state index < -0.39 is 0 Å². The van der Waals surface area contributed by atoms with E-state index >= 15 is 0 Å². The standard InChI is InChI=1S/C18H17N3O2S/c1-12(22)19-10-9-17(23)20-14-6-4-5-13(11-14)18-21-15-7-2-3-8-16(15)24-18/h2-8,11H,9-10H2,1H3,(H,19,22)(H,20,23). The van der Waals surface area contributed by atoms with E-state index in [2.05, 4.69) is 15.6 Å². The maximum Gasteiger partial charge on any atom is 0.226 e. The average molecular weight is 339 g/mol. The number of aromatic nitrogens is 1. The van der Waals surface area contributed by atoms with Crippen LogP contribution in [0.15, 0.2) is 48.5 Å². The molecule has 0 unspecified atom stereocenters. The summed E-state index contributed by atoms with van der Waals surface area (Å²) in [6.45, 7) is 1.76. The lowest BCUT2D eigenvalue weighted by molar-refractivity contribution is -0.119. The molecule has 2 N–H and O–H groups in total. The van der Waals surface area contributed by atoms with Crippen molar-refractivity contribution >= 4 is 39.1 Å². The van der Waals surface area contributed by atoms with Crippen LogP contribution in [0, 0.1) is 0 Å². The summed E-state index contributed by atoms with van der Waals surface area (Å²) in [6, 6.07) is 15.6. The lowest BCUT2D eigenvalue weighted by atomic mass is 10.2. The van der Waals surface area contributed by atoms with Gasteiger partial charge in [-0.2, -0.15) is 0 Å². The second kappa shape index (κ2) is 7.23. The van der Waals surface area contributed by atoms with Crippen molar-refractivity contribution in [3.05, 3.63) is 48.5 Å². The molecule has 0 aliphatic carbocycles. The molecule has 0 aliphatic heterocycles. The largest absolute Gasteiger partial charge is 0.356 e. The quantitative estimate of drug-likeness (QED) is 0.748. The number of anilines is 1. The zero-order chi connectivity index (χ0) is 16.9. The highest BCUT2D eigenvalue weighted by atomic mass is 32.1. The lowest BCUT2D eigenvalue weighted by Gasteiger charge is -2.06. The van der Waals surface area contributed by atoms with Gasteiger partial charge in [0.2, 0.25) is 11.8 Å². The molecule has 6 heteroatoms. The molecule has 3 aromatic rings. The van der Waals surface area contributed by atoms with Gasteiger partial charge in [-0.05, 0) is 24.3 Å². The van der Waals surface area contributed by atoms with Crippen LogP contribution in [0.25, 0.3) is 20.8 Å². The molecule has 0 spiro atoms. The first-order valence-corrected chi connectivity index (χ1v) is 8.44. The van der Waals surface area contributed by atoms with Gasteiger partial charge in [-0.3, -0.25) is 9.59 Å². The summed E-state index contributed by atoms with van der Waals surface area (Å²) < 4.78 is 1.14. The first kappa shape index (κ1) is 16.1. The van der Waals surface area contributed by atoms with Crippen LogP contribution < -0.4 is 10.6 Å². The lowest BCUT2D eigenvalue weighted by Crippen LogP contribution is -2.25. The molecule has 122 valence electrons. The second-order valence-electron chi connectivity index (χ2n) is 5.35. The number of nitrogens with one attached hydrogen (secondary N) is 2. The Morgan fingerprint density at radius 2 is 1.96 bits per heavy atom. The summed E-state index contributed by atoms with van der Waals surface area (Å²) in [6.07, 6.45) is 0.241. The molecule has 5 nitrogen and oxygen atoms in total. The minimum absolute atomic E-state index is 0.134. The van der Waals surface area contributed by atoms with Crippen molar-refractivity contribution in [2.24, 2.45) is 0 Å². The Morgan fingerprint density at radius 1 is 1.12 bits per heavy atom. The first-order chi connectivity index (χ1) is 11.6. The third-order valence-electron chi connectivity index (χ3n) is 3.41. The molecular weight excluding hydrogens is 322 g/mol. The van der Waals surface area contributed by atoms with Gasteiger partial charge in [0.1, 0.15) is 5.01 Å². The van der Waals surface area contributed by atoms with Crippen LogP contribution in [0.4, 0.5) is 5.69 Å². The third kappa shape index (κ3) is 3.97. The van der Waals surface area contributed by atoms with E-state index in [1.54, 1.807) is 11.3 Å². The van der Waals surface area contributed by atoms with Gasteiger partial charge in [0.15, 0.2) is 0 Å². The molecule has 0 saturated heterocycles. The fourth-order valence-corrected chi connectivity index (χ4v) is 3.26. The van der Waals surface area contributed by atoms with Crippen LogP contribution in [0.3, 0.4) is 0 Å². The van der Waals surface area contributed by atoms with Crippen molar-refractivity contribution in [1.82, 2.24) is 10.3 Å². The van der Waals surface area contributed by atoms with Crippen molar-refractivity contribution in [1.29, 1.82) is 0 Å². The molecule has 3 rings (SSSR count). The fraction of sp³-hybridized carbons (Fsp3) is 0.167. The summed E-state index contributed by atoms with van der Waals surface area (Å²) >= 11 is 1.62. The number of benzene rings is 2. The summed E-state index contributed by atoms with van der Waals surface area (Å²) in [4.78, 5) is 27.3. The van der Waals surface area contributed by atoms with Gasteiger partial charge in [-0.15, -0.1) is 11.3 Å². The zero-order valence-electron chi connectivity index (χ0n) is 13.2. The van der Waals surface area contributed by atoms with Crippen LogP contribution >= 0.6 is 11.3 Å². The van der Waals surface area contributed by atoms with E-state index in [0.717, 1.165) is 26.5 Å². The van der Waals surface area contributed by atoms with Crippen molar-refractivity contribution in [3.63, 3.8) is 0 Å². The van der Waals surface area contributed by atoms with Crippen molar-refractivity contribution in [3.8, 4) is 10.6 Å². The maximum atomic E-state index is 11.9.